The third kappa shape index (κ3) is 4.00. The van der Waals surface area contributed by atoms with Gasteiger partial charge in [-0.15, -0.1) is 11.3 Å². The highest BCUT2D eigenvalue weighted by Gasteiger charge is 2.25. The van der Waals surface area contributed by atoms with Gasteiger partial charge in [-0.1, -0.05) is 24.6 Å². The molecule has 4 rings (SSSR count). The first-order chi connectivity index (χ1) is 14.0. The molecule has 0 aliphatic carbocycles. The molecule has 0 bridgehead atoms. The molecular weight excluding hydrogens is 386 g/mol. The number of aryl methyl sites for hydroxylation is 1. The molecule has 0 spiro atoms. The molecule has 1 N–H and O–H groups in total. The fraction of sp³-hybridized carbons (Fsp3) is 0.227. The van der Waals surface area contributed by atoms with Crippen LogP contribution in [-0.4, -0.2) is 29.9 Å². The molecule has 7 heteroatoms. The minimum atomic E-state index is -0.190. The molecular formula is C22H21N3O3S. The lowest BCUT2D eigenvalue weighted by Gasteiger charge is -2.29. The van der Waals surface area contributed by atoms with Crippen LogP contribution in [0.15, 0.2) is 47.8 Å². The Morgan fingerprint density at radius 1 is 1.24 bits per heavy atom. The summed E-state index contributed by atoms with van der Waals surface area (Å²) in [6, 6.07) is 13.1. The number of thiazole rings is 1. The zero-order chi connectivity index (χ0) is 20.4. The van der Waals surface area contributed by atoms with Gasteiger partial charge in [0.05, 0.1) is 11.4 Å². The zero-order valence-corrected chi connectivity index (χ0v) is 17.1. The number of rotatable bonds is 5. The summed E-state index contributed by atoms with van der Waals surface area (Å²) in [5.74, 6) is 0.468. The van der Waals surface area contributed by atoms with E-state index in [1.54, 1.807) is 17.0 Å². The Labute approximate surface area is 173 Å². The van der Waals surface area contributed by atoms with Gasteiger partial charge in [-0.25, -0.2) is 4.98 Å². The number of benzene rings is 2. The van der Waals surface area contributed by atoms with Gasteiger partial charge < -0.3 is 9.64 Å². The summed E-state index contributed by atoms with van der Waals surface area (Å²) < 4.78 is 5.55. The van der Waals surface area contributed by atoms with Crippen molar-refractivity contribution in [3.63, 3.8) is 0 Å². The number of ether oxygens (including phenoxy) is 1. The van der Waals surface area contributed by atoms with Crippen molar-refractivity contribution in [2.75, 3.05) is 23.4 Å². The summed E-state index contributed by atoms with van der Waals surface area (Å²) in [7, 11) is 0. The Balaban J connectivity index is 1.56. The zero-order valence-electron chi connectivity index (χ0n) is 16.3. The maximum Gasteiger partial charge on any atom is 0.265 e. The summed E-state index contributed by atoms with van der Waals surface area (Å²) >= 11 is 1.36. The van der Waals surface area contributed by atoms with Crippen LogP contribution in [-0.2, 0) is 4.79 Å². The predicted octanol–water partition coefficient (Wildman–Crippen LogP) is 4.51. The lowest BCUT2D eigenvalue weighted by atomic mass is 10.1. The largest absolute Gasteiger partial charge is 0.482 e. The molecule has 29 heavy (non-hydrogen) atoms. The van der Waals surface area contributed by atoms with Gasteiger partial charge >= 0.3 is 0 Å². The lowest BCUT2D eigenvalue weighted by Crippen LogP contribution is -2.39. The average Bonchev–Trinajstić information content (AvgIpc) is 3.19. The number of nitrogens with one attached hydrogen (secondary N) is 1. The van der Waals surface area contributed by atoms with E-state index in [1.165, 1.54) is 11.3 Å². The quantitative estimate of drug-likeness (QED) is 0.676. The Morgan fingerprint density at radius 3 is 2.79 bits per heavy atom. The third-order valence-electron chi connectivity index (χ3n) is 4.68. The van der Waals surface area contributed by atoms with Crippen molar-refractivity contribution in [1.29, 1.82) is 0 Å². The Morgan fingerprint density at radius 2 is 2.03 bits per heavy atom. The Kier molecular flexibility index (Phi) is 5.31. The molecule has 3 aromatic rings. The number of hydrogen-bond acceptors (Lipinski definition) is 5. The number of fused-ring (bicyclic) bond motifs is 1. The molecule has 1 aliphatic rings. The molecule has 6 nitrogen and oxygen atoms in total. The summed E-state index contributed by atoms with van der Waals surface area (Å²) in [6.07, 6.45) is 0.862. The van der Waals surface area contributed by atoms with E-state index in [0.29, 0.717) is 23.0 Å². The highest BCUT2D eigenvalue weighted by Crippen LogP contribution is 2.36. The van der Waals surface area contributed by atoms with Gasteiger partial charge in [0.25, 0.3) is 11.8 Å². The van der Waals surface area contributed by atoms with Crippen LogP contribution < -0.4 is 15.0 Å². The van der Waals surface area contributed by atoms with Crippen LogP contribution in [0.2, 0.25) is 0 Å². The van der Waals surface area contributed by atoms with Crippen molar-refractivity contribution >= 4 is 34.0 Å². The Bertz CT molecular complexity index is 1060. The van der Waals surface area contributed by atoms with E-state index in [-0.39, 0.29) is 18.4 Å². The van der Waals surface area contributed by atoms with Crippen LogP contribution in [0, 0.1) is 6.92 Å². The smallest absolute Gasteiger partial charge is 0.265 e. The summed E-state index contributed by atoms with van der Waals surface area (Å²) in [4.78, 5) is 30.9. The van der Waals surface area contributed by atoms with Gasteiger partial charge in [-0.2, -0.15) is 0 Å². The Hall–Kier alpha value is -3.19. The van der Waals surface area contributed by atoms with E-state index < -0.39 is 0 Å². The second-order valence-corrected chi connectivity index (χ2v) is 7.73. The first kappa shape index (κ1) is 19.1. The van der Waals surface area contributed by atoms with E-state index in [0.717, 1.165) is 28.9 Å². The maximum atomic E-state index is 12.4. The van der Waals surface area contributed by atoms with Gasteiger partial charge in [0, 0.05) is 23.1 Å². The monoisotopic (exact) mass is 407 g/mol. The molecule has 2 aromatic carbocycles. The predicted molar refractivity (Wildman–Crippen MR) is 115 cm³/mol. The normalized spacial score (nSPS) is 13.0. The van der Waals surface area contributed by atoms with Gasteiger partial charge in [-0.05, 0) is 43.7 Å². The first-order valence-electron chi connectivity index (χ1n) is 9.46. The van der Waals surface area contributed by atoms with E-state index in [4.69, 9.17) is 4.74 Å². The van der Waals surface area contributed by atoms with Crippen molar-refractivity contribution in [3.8, 4) is 17.0 Å². The average molecular weight is 407 g/mol. The maximum absolute atomic E-state index is 12.4. The second-order valence-electron chi connectivity index (χ2n) is 6.87. The van der Waals surface area contributed by atoms with Gasteiger partial charge in [0.2, 0.25) is 0 Å². The van der Waals surface area contributed by atoms with Crippen LogP contribution in [0.25, 0.3) is 11.3 Å². The second kappa shape index (κ2) is 8.05. The van der Waals surface area contributed by atoms with E-state index in [2.05, 4.69) is 10.3 Å². The molecule has 0 atom stereocenters. The van der Waals surface area contributed by atoms with Crippen molar-refractivity contribution in [3.05, 3.63) is 59.0 Å². The van der Waals surface area contributed by atoms with E-state index in [9.17, 15) is 9.59 Å². The molecule has 2 amide bonds. The number of carbonyl (C=O) groups excluding carboxylic acids is 2. The molecule has 1 aliphatic heterocycles. The molecule has 0 fully saturated rings. The highest BCUT2D eigenvalue weighted by molar-refractivity contribution is 7.14. The van der Waals surface area contributed by atoms with Crippen LogP contribution in [0.1, 0.15) is 29.3 Å². The highest BCUT2D eigenvalue weighted by atomic mass is 32.1. The fourth-order valence-corrected chi connectivity index (χ4v) is 3.88. The van der Waals surface area contributed by atoms with Gasteiger partial charge in [0.15, 0.2) is 11.7 Å². The number of anilines is 2. The molecule has 1 aromatic heterocycles. The molecule has 0 radical (unpaired) electrons. The summed E-state index contributed by atoms with van der Waals surface area (Å²) in [6.45, 7) is 4.73. The first-order valence-corrected chi connectivity index (χ1v) is 10.3. The topological polar surface area (TPSA) is 71.5 Å². The molecule has 2 heterocycles. The van der Waals surface area contributed by atoms with Crippen molar-refractivity contribution in [2.24, 2.45) is 0 Å². The SMILES string of the molecule is CCCN1C(=O)COc2ccc(-c3csc(NC(=O)c4ccc(C)cc4)n3)cc21. The van der Waals surface area contributed by atoms with Crippen LogP contribution in [0.5, 0.6) is 5.75 Å². The number of amides is 2. The minimum Gasteiger partial charge on any atom is -0.482 e. The van der Waals surface area contributed by atoms with Crippen LogP contribution in [0.4, 0.5) is 10.8 Å². The lowest BCUT2D eigenvalue weighted by molar-refractivity contribution is -0.121. The molecule has 0 unspecified atom stereocenters. The number of carbonyl (C=O) groups is 2. The number of hydrogen-bond donors (Lipinski definition) is 1. The number of nitrogens with zero attached hydrogens (tertiary/aromatic N) is 2. The van der Waals surface area contributed by atoms with Gasteiger partial charge in [0.1, 0.15) is 5.75 Å². The van der Waals surface area contributed by atoms with Crippen molar-refractivity contribution in [2.45, 2.75) is 20.3 Å². The number of aromatic nitrogens is 1. The molecule has 0 saturated heterocycles. The van der Waals surface area contributed by atoms with E-state index in [1.807, 2.05) is 49.6 Å². The van der Waals surface area contributed by atoms with E-state index >= 15 is 0 Å². The van der Waals surface area contributed by atoms with Crippen molar-refractivity contribution in [1.82, 2.24) is 4.98 Å². The third-order valence-corrected chi connectivity index (χ3v) is 5.44. The fourth-order valence-electron chi connectivity index (χ4n) is 3.17. The molecule has 148 valence electrons. The summed E-state index contributed by atoms with van der Waals surface area (Å²) in [5.41, 5.74) is 4.07. The van der Waals surface area contributed by atoms with Gasteiger partial charge in [-0.3, -0.25) is 14.9 Å². The minimum absolute atomic E-state index is 0.0409. The van der Waals surface area contributed by atoms with Crippen LogP contribution >= 0.6 is 11.3 Å². The molecule has 0 saturated carbocycles. The van der Waals surface area contributed by atoms with Crippen molar-refractivity contribution < 1.29 is 14.3 Å². The standard InChI is InChI=1S/C22H21N3O3S/c1-3-10-25-18-11-16(8-9-19(18)28-12-20(25)26)17-13-29-22(23-17)24-21(27)15-6-4-14(2)5-7-15/h4-9,11,13H,3,10,12H2,1-2H3,(H,23,24,27). The van der Waals surface area contributed by atoms with Crippen LogP contribution in [0.3, 0.4) is 0 Å². The summed E-state index contributed by atoms with van der Waals surface area (Å²) in [5, 5.41) is 5.27.